The van der Waals surface area contributed by atoms with Crippen molar-refractivity contribution < 1.29 is 22.7 Å². The van der Waals surface area contributed by atoms with E-state index in [2.05, 4.69) is 0 Å². The van der Waals surface area contributed by atoms with E-state index in [9.17, 15) is 13.2 Å². The Bertz CT molecular complexity index is 965. The first kappa shape index (κ1) is 21.3. The molecule has 0 heterocycles. The summed E-state index contributed by atoms with van der Waals surface area (Å²) in [5.74, 6) is 0.702. The van der Waals surface area contributed by atoms with Crippen molar-refractivity contribution in [3.63, 3.8) is 0 Å². The van der Waals surface area contributed by atoms with Crippen molar-refractivity contribution in [1.82, 2.24) is 0 Å². The van der Waals surface area contributed by atoms with Gasteiger partial charge in [-0.25, -0.2) is 8.42 Å². The van der Waals surface area contributed by atoms with Crippen molar-refractivity contribution in [2.24, 2.45) is 5.41 Å². The number of benzene rings is 2. The number of Topliss-reactive ketones (excluding diaryl/α,β-unsaturated/α-hetero) is 1. The summed E-state index contributed by atoms with van der Waals surface area (Å²) >= 11 is 0. The van der Waals surface area contributed by atoms with Crippen LogP contribution in [0.1, 0.15) is 35.7 Å². The fourth-order valence-corrected chi connectivity index (χ4v) is 4.23. The van der Waals surface area contributed by atoms with Gasteiger partial charge in [-0.05, 0) is 61.7 Å². The summed E-state index contributed by atoms with van der Waals surface area (Å²) in [5, 5.41) is 0. The van der Waals surface area contributed by atoms with Gasteiger partial charge in [0.05, 0.1) is 25.2 Å². The molecule has 3 rings (SSSR count). The van der Waals surface area contributed by atoms with Crippen LogP contribution in [0.25, 0.3) is 0 Å². The first-order valence-corrected chi connectivity index (χ1v) is 11.4. The zero-order valence-corrected chi connectivity index (χ0v) is 17.9. The second-order valence-electron chi connectivity index (χ2n) is 7.74. The quantitative estimate of drug-likeness (QED) is 0.552. The van der Waals surface area contributed by atoms with Gasteiger partial charge < -0.3 is 9.47 Å². The number of hydrogen-bond donors (Lipinski definition) is 0. The molecular weight excluding hydrogens is 390 g/mol. The molecule has 0 amide bonds. The lowest BCUT2D eigenvalue weighted by molar-refractivity contribution is 0.101. The maximum Gasteiger partial charge on any atom is 0.232 e. The maximum absolute atomic E-state index is 12.5. The Balaban J connectivity index is 1.72. The van der Waals surface area contributed by atoms with Gasteiger partial charge >= 0.3 is 0 Å². The summed E-state index contributed by atoms with van der Waals surface area (Å²) in [5.41, 5.74) is 1.94. The first-order chi connectivity index (χ1) is 13.7. The van der Waals surface area contributed by atoms with E-state index in [-0.39, 0.29) is 11.2 Å². The second-order valence-corrected chi connectivity index (χ2v) is 9.65. The minimum atomic E-state index is -3.46. The van der Waals surface area contributed by atoms with Crippen molar-refractivity contribution in [2.75, 3.05) is 30.8 Å². The van der Waals surface area contributed by atoms with Gasteiger partial charge in [0.25, 0.3) is 0 Å². The lowest BCUT2D eigenvalue weighted by atomic mass is 10.1. The van der Waals surface area contributed by atoms with Crippen molar-refractivity contribution >= 4 is 21.5 Å². The number of carbonyl (C=O) groups is 1. The number of nitrogens with zero attached hydrogens (tertiary/aromatic N) is 1. The SMILES string of the molecule is COCc1cccc(OCC2(CN(c3ccc(C(C)=O)cc3)S(C)(=O)=O)CC2)c1. The van der Waals surface area contributed by atoms with Crippen LogP contribution < -0.4 is 9.04 Å². The smallest absolute Gasteiger partial charge is 0.232 e. The summed E-state index contributed by atoms with van der Waals surface area (Å²) in [4.78, 5) is 11.5. The molecule has 156 valence electrons. The molecular formula is C22H27NO5S. The minimum absolute atomic E-state index is 0.0507. The Morgan fingerprint density at radius 2 is 1.83 bits per heavy atom. The van der Waals surface area contributed by atoms with Crippen LogP contribution in [0.2, 0.25) is 0 Å². The third kappa shape index (κ3) is 5.58. The highest BCUT2D eigenvalue weighted by molar-refractivity contribution is 7.92. The van der Waals surface area contributed by atoms with Gasteiger partial charge in [-0.2, -0.15) is 0 Å². The Hall–Kier alpha value is -2.38. The Labute approximate surface area is 172 Å². The molecule has 29 heavy (non-hydrogen) atoms. The van der Waals surface area contributed by atoms with Crippen molar-refractivity contribution in [3.8, 4) is 5.75 Å². The van der Waals surface area contributed by atoms with Gasteiger partial charge in [-0.1, -0.05) is 12.1 Å². The van der Waals surface area contributed by atoms with Crippen LogP contribution in [0.3, 0.4) is 0 Å². The average Bonchev–Trinajstić information content (AvgIpc) is 3.45. The zero-order chi connectivity index (χ0) is 21.1. The molecule has 0 spiro atoms. The van der Waals surface area contributed by atoms with E-state index in [0.717, 1.165) is 24.2 Å². The van der Waals surface area contributed by atoms with Gasteiger partial charge in [0.2, 0.25) is 10.0 Å². The van der Waals surface area contributed by atoms with Crippen LogP contribution in [0.5, 0.6) is 5.75 Å². The number of hydrogen-bond acceptors (Lipinski definition) is 5. The summed E-state index contributed by atoms with van der Waals surface area (Å²) in [6, 6.07) is 14.4. The molecule has 0 aliphatic heterocycles. The number of rotatable bonds is 10. The number of ketones is 1. The highest BCUT2D eigenvalue weighted by Gasteiger charge is 2.46. The van der Waals surface area contributed by atoms with Crippen molar-refractivity contribution in [3.05, 3.63) is 59.7 Å². The number of sulfonamides is 1. The first-order valence-electron chi connectivity index (χ1n) is 9.52. The molecule has 6 nitrogen and oxygen atoms in total. The average molecular weight is 418 g/mol. The van der Waals surface area contributed by atoms with Crippen molar-refractivity contribution in [1.29, 1.82) is 0 Å². The normalized spacial score (nSPS) is 15.0. The predicted molar refractivity (Wildman–Crippen MR) is 113 cm³/mol. The van der Waals surface area contributed by atoms with E-state index in [1.54, 1.807) is 31.4 Å². The molecule has 0 saturated heterocycles. The minimum Gasteiger partial charge on any atom is -0.493 e. The van der Waals surface area contributed by atoms with Gasteiger partial charge in [0.15, 0.2) is 5.78 Å². The molecule has 1 aliphatic carbocycles. The monoisotopic (exact) mass is 417 g/mol. The molecule has 0 atom stereocenters. The van der Waals surface area contributed by atoms with E-state index in [4.69, 9.17) is 9.47 Å². The summed E-state index contributed by atoms with van der Waals surface area (Å²) in [7, 11) is -1.82. The Morgan fingerprint density at radius 3 is 2.38 bits per heavy atom. The summed E-state index contributed by atoms with van der Waals surface area (Å²) in [6.45, 7) is 2.80. The lowest BCUT2D eigenvalue weighted by Crippen LogP contribution is -2.37. The van der Waals surface area contributed by atoms with Gasteiger partial charge in [0.1, 0.15) is 5.75 Å². The number of ether oxygens (including phenoxy) is 2. The maximum atomic E-state index is 12.5. The van der Waals surface area contributed by atoms with Crippen LogP contribution in [0.4, 0.5) is 5.69 Å². The largest absolute Gasteiger partial charge is 0.493 e. The lowest BCUT2D eigenvalue weighted by Gasteiger charge is -2.27. The Morgan fingerprint density at radius 1 is 1.14 bits per heavy atom. The van der Waals surface area contributed by atoms with Crippen LogP contribution >= 0.6 is 0 Å². The third-order valence-corrected chi connectivity index (χ3v) is 6.29. The zero-order valence-electron chi connectivity index (χ0n) is 17.1. The molecule has 2 aromatic carbocycles. The predicted octanol–water partition coefficient (Wildman–Crippen LogP) is 3.66. The molecule has 0 unspecified atom stereocenters. The van der Waals surface area contributed by atoms with Crippen LogP contribution in [-0.2, 0) is 21.4 Å². The molecule has 1 aliphatic rings. The molecule has 2 aromatic rings. The van der Waals surface area contributed by atoms with E-state index in [1.165, 1.54) is 17.5 Å². The number of carbonyl (C=O) groups excluding carboxylic acids is 1. The van der Waals surface area contributed by atoms with Crippen LogP contribution in [0, 0.1) is 5.41 Å². The van der Waals surface area contributed by atoms with E-state index < -0.39 is 10.0 Å². The molecule has 7 heteroatoms. The molecule has 0 radical (unpaired) electrons. The van der Waals surface area contributed by atoms with Crippen LogP contribution in [-0.4, -0.2) is 40.7 Å². The van der Waals surface area contributed by atoms with Gasteiger partial charge in [-0.15, -0.1) is 0 Å². The summed E-state index contributed by atoms with van der Waals surface area (Å²) in [6.07, 6.45) is 3.02. The molecule has 1 saturated carbocycles. The number of methoxy groups -OCH3 is 1. The molecule has 1 fully saturated rings. The van der Waals surface area contributed by atoms with Gasteiger partial charge in [0, 0.05) is 24.6 Å². The van der Waals surface area contributed by atoms with Gasteiger partial charge in [-0.3, -0.25) is 9.10 Å². The van der Waals surface area contributed by atoms with Crippen molar-refractivity contribution in [2.45, 2.75) is 26.4 Å². The van der Waals surface area contributed by atoms with Crippen LogP contribution in [0.15, 0.2) is 48.5 Å². The fourth-order valence-electron chi connectivity index (χ4n) is 3.22. The van der Waals surface area contributed by atoms with E-state index in [0.29, 0.717) is 31.0 Å². The topological polar surface area (TPSA) is 72.9 Å². The molecule has 0 bridgehead atoms. The highest BCUT2D eigenvalue weighted by Crippen LogP contribution is 2.47. The molecule has 0 N–H and O–H groups in total. The highest BCUT2D eigenvalue weighted by atomic mass is 32.2. The standard InChI is InChI=1S/C22H27NO5S/c1-17(24)19-7-9-20(10-8-19)23(29(3,25)26)15-22(11-12-22)16-28-21-6-4-5-18(13-21)14-27-2/h4-10,13H,11-12,14-16H2,1-3H3. The Kier molecular flexibility index (Phi) is 6.29. The number of anilines is 1. The van der Waals surface area contributed by atoms with E-state index in [1.807, 2.05) is 24.3 Å². The third-order valence-electron chi connectivity index (χ3n) is 5.15. The fraction of sp³-hybridized carbons (Fsp3) is 0.409. The summed E-state index contributed by atoms with van der Waals surface area (Å²) < 4.78 is 37.5. The second kappa shape index (κ2) is 8.55. The molecule has 0 aromatic heterocycles. The van der Waals surface area contributed by atoms with E-state index >= 15 is 0 Å².